The molecule has 0 spiro atoms. The van der Waals surface area contributed by atoms with Crippen molar-refractivity contribution >= 4 is 11.5 Å². The van der Waals surface area contributed by atoms with E-state index >= 15 is 0 Å². The second-order valence-electron chi connectivity index (χ2n) is 4.50. The van der Waals surface area contributed by atoms with Gasteiger partial charge in [0.1, 0.15) is 5.84 Å². The predicted octanol–water partition coefficient (Wildman–Crippen LogP) is 2.57. The normalized spacial score (nSPS) is 10.4. The zero-order chi connectivity index (χ0) is 13.8. The van der Waals surface area contributed by atoms with Gasteiger partial charge in [0.25, 0.3) is 0 Å². The number of pyridine rings is 1. The summed E-state index contributed by atoms with van der Waals surface area (Å²) in [7, 11) is 0. The Morgan fingerprint density at radius 2 is 1.95 bits per heavy atom. The van der Waals surface area contributed by atoms with E-state index in [0.717, 1.165) is 29.5 Å². The van der Waals surface area contributed by atoms with Gasteiger partial charge in [0.05, 0.1) is 5.69 Å². The number of benzene rings is 1. The molecule has 0 unspecified atom stereocenters. The molecule has 2 aromatic rings. The number of amidine groups is 1. The van der Waals surface area contributed by atoms with Gasteiger partial charge in [0.15, 0.2) is 0 Å². The predicted molar refractivity (Wildman–Crippen MR) is 79.1 cm³/mol. The van der Waals surface area contributed by atoms with Gasteiger partial charge in [-0.3, -0.25) is 10.4 Å². The summed E-state index contributed by atoms with van der Waals surface area (Å²) >= 11 is 0. The van der Waals surface area contributed by atoms with Gasteiger partial charge in [0, 0.05) is 23.5 Å². The molecule has 0 fully saturated rings. The first-order valence-electron chi connectivity index (χ1n) is 6.30. The lowest BCUT2D eigenvalue weighted by molar-refractivity contribution is 0.922. The van der Waals surface area contributed by atoms with Crippen LogP contribution in [0.2, 0.25) is 0 Å². The summed E-state index contributed by atoms with van der Waals surface area (Å²) in [4.78, 5) is 4.01. The van der Waals surface area contributed by atoms with Crippen LogP contribution in [-0.2, 0) is 6.42 Å². The molecular formula is C15H18N4. The molecule has 1 aromatic heterocycles. The van der Waals surface area contributed by atoms with E-state index in [2.05, 4.69) is 18.0 Å². The number of hydrogen-bond acceptors (Lipinski definition) is 3. The zero-order valence-electron chi connectivity index (χ0n) is 11.0. The van der Waals surface area contributed by atoms with E-state index in [1.54, 1.807) is 12.4 Å². The largest absolute Gasteiger partial charge is 0.398 e. The summed E-state index contributed by atoms with van der Waals surface area (Å²) in [6.45, 7) is 2.12. The topological polar surface area (TPSA) is 88.8 Å². The molecule has 1 aromatic carbocycles. The Hall–Kier alpha value is -2.36. The minimum Gasteiger partial charge on any atom is -0.398 e. The van der Waals surface area contributed by atoms with Crippen molar-refractivity contribution in [2.75, 3.05) is 5.73 Å². The van der Waals surface area contributed by atoms with Crippen LogP contribution in [0.3, 0.4) is 0 Å². The molecule has 0 atom stereocenters. The fourth-order valence-electron chi connectivity index (χ4n) is 2.14. The summed E-state index contributed by atoms with van der Waals surface area (Å²) in [5, 5.41) is 7.65. The van der Waals surface area contributed by atoms with Gasteiger partial charge in [-0.05, 0) is 41.8 Å². The number of nitrogens with two attached hydrogens (primary N) is 2. The van der Waals surface area contributed by atoms with Crippen molar-refractivity contribution in [1.82, 2.24) is 4.98 Å². The van der Waals surface area contributed by atoms with E-state index in [4.69, 9.17) is 16.9 Å². The maximum absolute atomic E-state index is 7.65. The smallest absolute Gasteiger partial charge is 0.124 e. The summed E-state index contributed by atoms with van der Waals surface area (Å²) in [5.41, 5.74) is 16.0. The Balaban J connectivity index is 2.62. The van der Waals surface area contributed by atoms with Crippen LogP contribution in [0.1, 0.15) is 24.5 Å². The van der Waals surface area contributed by atoms with E-state index in [-0.39, 0.29) is 5.84 Å². The highest BCUT2D eigenvalue weighted by atomic mass is 14.7. The van der Waals surface area contributed by atoms with Crippen molar-refractivity contribution in [2.45, 2.75) is 19.8 Å². The van der Waals surface area contributed by atoms with Gasteiger partial charge in [-0.15, -0.1) is 0 Å². The van der Waals surface area contributed by atoms with E-state index in [9.17, 15) is 0 Å². The lowest BCUT2D eigenvalue weighted by Gasteiger charge is -2.13. The second kappa shape index (κ2) is 5.52. The molecule has 98 valence electrons. The highest BCUT2D eigenvalue weighted by molar-refractivity contribution is 6.03. The molecular weight excluding hydrogens is 236 g/mol. The second-order valence-corrected chi connectivity index (χ2v) is 4.50. The summed E-state index contributed by atoms with van der Waals surface area (Å²) < 4.78 is 0. The number of nitrogens with zero attached hydrogens (tertiary/aromatic N) is 1. The van der Waals surface area contributed by atoms with Gasteiger partial charge in [-0.2, -0.15) is 0 Å². The van der Waals surface area contributed by atoms with Crippen LogP contribution in [-0.4, -0.2) is 10.8 Å². The Labute approximate surface area is 113 Å². The van der Waals surface area contributed by atoms with Crippen molar-refractivity contribution < 1.29 is 0 Å². The Kier molecular flexibility index (Phi) is 3.80. The van der Waals surface area contributed by atoms with Crippen molar-refractivity contribution in [2.24, 2.45) is 5.73 Å². The number of aryl methyl sites for hydroxylation is 1. The molecule has 4 nitrogen and oxygen atoms in total. The molecule has 0 radical (unpaired) electrons. The van der Waals surface area contributed by atoms with Crippen LogP contribution in [0, 0.1) is 5.41 Å². The summed E-state index contributed by atoms with van der Waals surface area (Å²) in [6.07, 6.45) is 5.44. The number of hydrogen-bond donors (Lipinski definition) is 3. The van der Waals surface area contributed by atoms with Crippen LogP contribution in [0.15, 0.2) is 36.7 Å². The fourth-order valence-corrected chi connectivity index (χ4v) is 2.14. The van der Waals surface area contributed by atoms with Crippen molar-refractivity contribution in [3.63, 3.8) is 0 Å². The van der Waals surface area contributed by atoms with Gasteiger partial charge in [0.2, 0.25) is 0 Å². The monoisotopic (exact) mass is 254 g/mol. The van der Waals surface area contributed by atoms with Crippen molar-refractivity contribution in [3.8, 4) is 11.1 Å². The van der Waals surface area contributed by atoms with Crippen LogP contribution in [0.25, 0.3) is 11.1 Å². The number of anilines is 1. The Bertz CT molecular complexity index is 591. The Morgan fingerprint density at radius 1 is 1.26 bits per heavy atom. The van der Waals surface area contributed by atoms with Crippen LogP contribution >= 0.6 is 0 Å². The van der Waals surface area contributed by atoms with E-state index in [1.165, 1.54) is 0 Å². The highest BCUT2D eigenvalue weighted by Crippen LogP contribution is 2.30. The first kappa shape index (κ1) is 13.1. The lowest BCUT2D eigenvalue weighted by Crippen LogP contribution is -2.15. The first-order chi connectivity index (χ1) is 9.13. The standard InChI is InChI=1S/C15H18N4/c1-2-3-10-8-12(11-4-6-19-7-5-11)14(16)13(9-10)15(17)18/h4-9H,2-3,16H2,1H3,(H3,17,18). The molecule has 19 heavy (non-hydrogen) atoms. The Morgan fingerprint density at radius 3 is 2.53 bits per heavy atom. The highest BCUT2D eigenvalue weighted by Gasteiger charge is 2.11. The molecule has 0 aliphatic heterocycles. The number of nitrogens with one attached hydrogen (secondary N) is 1. The van der Waals surface area contributed by atoms with Gasteiger partial charge >= 0.3 is 0 Å². The maximum atomic E-state index is 7.65. The van der Waals surface area contributed by atoms with Crippen LogP contribution in [0.5, 0.6) is 0 Å². The van der Waals surface area contributed by atoms with E-state index in [1.807, 2.05) is 18.2 Å². The summed E-state index contributed by atoms with van der Waals surface area (Å²) in [5.74, 6) is 0.00533. The zero-order valence-corrected chi connectivity index (χ0v) is 11.0. The average Bonchev–Trinajstić information content (AvgIpc) is 2.41. The average molecular weight is 254 g/mol. The molecule has 5 N–H and O–H groups in total. The minimum absolute atomic E-state index is 0.00533. The quantitative estimate of drug-likeness (QED) is 0.445. The van der Waals surface area contributed by atoms with Gasteiger partial charge in [-0.1, -0.05) is 13.3 Å². The van der Waals surface area contributed by atoms with Crippen LogP contribution < -0.4 is 11.5 Å². The van der Waals surface area contributed by atoms with Crippen molar-refractivity contribution in [3.05, 3.63) is 47.8 Å². The number of aromatic nitrogens is 1. The van der Waals surface area contributed by atoms with E-state index < -0.39 is 0 Å². The number of nitrogen functional groups attached to an aromatic ring is 2. The molecule has 0 aliphatic carbocycles. The third kappa shape index (κ3) is 2.73. The molecule has 1 heterocycles. The van der Waals surface area contributed by atoms with Gasteiger partial charge in [-0.25, -0.2) is 0 Å². The lowest BCUT2D eigenvalue weighted by atomic mass is 9.95. The molecule has 0 bridgehead atoms. The fraction of sp³-hybridized carbons (Fsp3) is 0.200. The minimum atomic E-state index is 0.00533. The third-order valence-corrected chi connectivity index (χ3v) is 3.06. The first-order valence-corrected chi connectivity index (χ1v) is 6.30. The molecule has 0 saturated heterocycles. The summed E-state index contributed by atoms with van der Waals surface area (Å²) in [6, 6.07) is 7.79. The maximum Gasteiger partial charge on any atom is 0.124 e. The molecule has 0 amide bonds. The SMILES string of the molecule is CCCc1cc(C(=N)N)c(N)c(-c2ccncc2)c1. The van der Waals surface area contributed by atoms with Gasteiger partial charge < -0.3 is 11.5 Å². The molecule has 0 aliphatic rings. The van der Waals surface area contributed by atoms with Crippen LogP contribution in [0.4, 0.5) is 5.69 Å². The molecule has 4 heteroatoms. The molecule has 0 saturated carbocycles. The third-order valence-electron chi connectivity index (χ3n) is 3.06. The van der Waals surface area contributed by atoms with E-state index in [0.29, 0.717) is 11.3 Å². The van der Waals surface area contributed by atoms with Crippen molar-refractivity contribution in [1.29, 1.82) is 5.41 Å². The molecule has 2 rings (SSSR count). The number of rotatable bonds is 4.